The first kappa shape index (κ1) is 17.5. The van der Waals surface area contributed by atoms with Gasteiger partial charge >= 0.3 is 13.6 Å². The van der Waals surface area contributed by atoms with E-state index in [1.807, 2.05) is 0 Å². The lowest BCUT2D eigenvalue weighted by atomic mass is 10.3. The molecule has 0 aliphatic heterocycles. The number of rotatable bonds is 8. The van der Waals surface area contributed by atoms with Crippen LogP contribution in [-0.4, -0.2) is 39.9 Å². The average molecular weight is 319 g/mol. The summed E-state index contributed by atoms with van der Waals surface area (Å²) in [4.78, 5) is 11.6. The van der Waals surface area contributed by atoms with E-state index < -0.39 is 19.3 Å². The van der Waals surface area contributed by atoms with Gasteiger partial charge in [0.15, 0.2) is 0 Å². The largest absolute Gasteiger partial charge is 0.497 e. The summed E-state index contributed by atoms with van der Waals surface area (Å²) >= 11 is 0. The Kier molecular flexibility index (Phi) is 6.64. The topological polar surface area (TPSA) is 106 Å². The molecule has 0 saturated carbocycles. The Morgan fingerprint density at radius 1 is 1.14 bits per heavy atom. The summed E-state index contributed by atoms with van der Waals surface area (Å²) in [6.07, 6.45) is 0. The fourth-order valence-corrected chi connectivity index (χ4v) is 2.28. The highest BCUT2D eigenvalue weighted by Crippen LogP contribution is 2.49. The van der Waals surface area contributed by atoms with Crippen LogP contribution < -0.4 is 15.2 Å². The molecule has 0 aromatic heterocycles. The molecule has 1 unspecified atom stereocenters. The van der Waals surface area contributed by atoms with Crippen LogP contribution in [0, 0.1) is 0 Å². The molecule has 0 bridgehead atoms. The molecule has 2 N–H and O–H groups in total. The lowest BCUT2D eigenvalue weighted by Crippen LogP contribution is -2.34. The number of nitrogens with two attached hydrogens (primary N) is 1. The van der Waals surface area contributed by atoms with Gasteiger partial charge in [0.1, 0.15) is 11.5 Å². The second-order valence-corrected chi connectivity index (χ2v) is 6.12. The molecule has 21 heavy (non-hydrogen) atoms. The van der Waals surface area contributed by atoms with Crippen LogP contribution in [-0.2, 0) is 23.1 Å². The van der Waals surface area contributed by atoms with Crippen LogP contribution in [0.2, 0.25) is 0 Å². The van der Waals surface area contributed by atoms with E-state index in [0.29, 0.717) is 11.5 Å². The first-order chi connectivity index (χ1) is 9.96. The number of methoxy groups -OCH3 is 1. The Morgan fingerprint density at radius 3 is 2.14 bits per heavy atom. The fourth-order valence-electron chi connectivity index (χ4n) is 1.34. The van der Waals surface area contributed by atoms with Gasteiger partial charge in [-0.3, -0.25) is 4.57 Å². The maximum Gasteiger partial charge on any atom is 0.358 e. The standard InChI is InChI=1S/C12H18NO7P/c1-16-9-4-6-10(7-5-9)19-8-20-12(14)11(13)21(15,17-2)18-3/h4-7,11H,8,13H2,1-3H3. The first-order valence-corrected chi connectivity index (χ1v) is 7.48. The SMILES string of the molecule is COc1ccc(OCOC(=O)C(N)P(=O)(OC)OC)cc1. The average Bonchev–Trinajstić information content (AvgIpc) is 2.53. The number of hydrogen-bond acceptors (Lipinski definition) is 8. The summed E-state index contributed by atoms with van der Waals surface area (Å²) in [6, 6.07) is 6.66. The molecule has 8 nitrogen and oxygen atoms in total. The molecule has 0 aliphatic rings. The van der Waals surface area contributed by atoms with Crippen molar-refractivity contribution in [3.8, 4) is 11.5 Å². The zero-order valence-electron chi connectivity index (χ0n) is 12.0. The highest BCUT2D eigenvalue weighted by atomic mass is 31.2. The minimum Gasteiger partial charge on any atom is -0.497 e. The second-order valence-electron chi connectivity index (χ2n) is 3.75. The van der Waals surface area contributed by atoms with Crippen molar-refractivity contribution in [2.24, 2.45) is 5.73 Å². The van der Waals surface area contributed by atoms with Gasteiger partial charge in [0.05, 0.1) is 7.11 Å². The molecule has 1 rings (SSSR count). The molecule has 0 aliphatic carbocycles. The summed E-state index contributed by atoms with van der Waals surface area (Å²) in [7, 11) is 0.0850. The fraction of sp³-hybridized carbons (Fsp3) is 0.417. The third-order valence-electron chi connectivity index (χ3n) is 2.58. The molecule has 0 saturated heterocycles. The molecule has 0 radical (unpaired) electrons. The van der Waals surface area contributed by atoms with E-state index in [0.717, 1.165) is 14.2 Å². The lowest BCUT2D eigenvalue weighted by Gasteiger charge is -2.19. The highest BCUT2D eigenvalue weighted by molar-refractivity contribution is 7.55. The lowest BCUT2D eigenvalue weighted by molar-refractivity contribution is -0.150. The van der Waals surface area contributed by atoms with Gasteiger partial charge in [-0.2, -0.15) is 0 Å². The maximum atomic E-state index is 11.9. The van der Waals surface area contributed by atoms with E-state index in [-0.39, 0.29) is 6.79 Å². The molecule has 1 aromatic rings. The van der Waals surface area contributed by atoms with Gasteiger partial charge in [-0.25, -0.2) is 4.79 Å². The Morgan fingerprint density at radius 2 is 1.67 bits per heavy atom. The van der Waals surface area contributed by atoms with Crippen molar-refractivity contribution in [2.45, 2.75) is 5.78 Å². The first-order valence-electron chi connectivity index (χ1n) is 5.87. The van der Waals surface area contributed by atoms with Crippen LogP contribution in [0.5, 0.6) is 11.5 Å². The third-order valence-corrected chi connectivity index (χ3v) is 4.49. The maximum absolute atomic E-state index is 11.9. The van der Waals surface area contributed by atoms with Crippen LogP contribution in [0.3, 0.4) is 0 Å². The Bertz CT molecular complexity index is 497. The number of carbonyl (C=O) groups is 1. The predicted octanol–water partition coefficient (Wildman–Crippen LogP) is 1.35. The van der Waals surface area contributed by atoms with E-state index in [1.165, 1.54) is 0 Å². The van der Waals surface area contributed by atoms with Gasteiger partial charge in [0.2, 0.25) is 12.6 Å². The van der Waals surface area contributed by atoms with Crippen molar-refractivity contribution < 1.29 is 32.6 Å². The Balaban J connectivity index is 2.47. The van der Waals surface area contributed by atoms with E-state index in [4.69, 9.17) is 19.9 Å². The van der Waals surface area contributed by atoms with Gasteiger partial charge in [0.25, 0.3) is 0 Å². The molecular formula is C12H18NO7P. The summed E-state index contributed by atoms with van der Waals surface area (Å²) in [5, 5.41) is 0. The van der Waals surface area contributed by atoms with Crippen molar-refractivity contribution in [3.63, 3.8) is 0 Å². The zero-order valence-corrected chi connectivity index (χ0v) is 12.9. The van der Waals surface area contributed by atoms with Gasteiger partial charge in [-0.05, 0) is 24.3 Å². The van der Waals surface area contributed by atoms with Crippen LogP contribution in [0.4, 0.5) is 0 Å². The summed E-state index contributed by atoms with van der Waals surface area (Å²) in [5.41, 5.74) is 5.47. The van der Waals surface area contributed by atoms with Gasteiger partial charge in [0, 0.05) is 14.2 Å². The zero-order chi connectivity index (χ0) is 15.9. The van der Waals surface area contributed by atoms with Crippen LogP contribution in [0.15, 0.2) is 24.3 Å². The quantitative estimate of drug-likeness (QED) is 0.435. The smallest absolute Gasteiger partial charge is 0.358 e. The van der Waals surface area contributed by atoms with Crippen molar-refractivity contribution in [1.82, 2.24) is 0 Å². The van der Waals surface area contributed by atoms with E-state index in [9.17, 15) is 9.36 Å². The summed E-state index contributed by atoms with van der Waals surface area (Å²) in [6.45, 7) is -0.383. The second kappa shape index (κ2) is 7.99. The van der Waals surface area contributed by atoms with E-state index >= 15 is 0 Å². The van der Waals surface area contributed by atoms with Crippen molar-refractivity contribution in [3.05, 3.63) is 24.3 Å². The van der Waals surface area contributed by atoms with Crippen LogP contribution >= 0.6 is 7.60 Å². The summed E-state index contributed by atoms with van der Waals surface area (Å²) in [5.74, 6) is -1.34. The van der Waals surface area contributed by atoms with Gasteiger partial charge in [-0.15, -0.1) is 0 Å². The summed E-state index contributed by atoms with van der Waals surface area (Å²) < 4.78 is 36.0. The van der Waals surface area contributed by atoms with Crippen molar-refractivity contribution in [1.29, 1.82) is 0 Å². The third kappa shape index (κ3) is 4.71. The number of hydrogen-bond donors (Lipinski definition) is 1. The van der Waals surface area contributed by atoms with Crippen molar-refractivity contribution >= 4 is 13.6 Å². The molecule has 1 atom stereocenters. The highest BCUT2D eigenvalue weighted by Gasteiger charge is 2.38. The van der Waals surface area contributed by atoms with Gasteiger partial charge < -0.3 is 29.0 Å². The number of benzene rings is 1. The minimum atomic E-state index is -3.72. The molecule has 0 heterocycles. The van der Waals surface area contributed by atoms with Crippen LogP contribution in [0.1, 0.15) is 0 Å². The minimum absolute atomic E-state index is 0.383. The molecule has 0 amide bonds. The molecule has 0 spiro atoms. The van der Waals surface area contributed by atoms with E-state index in [2.05, 4.69) is 9.05 Å². The number of carbonyl (C=O) groups excluding carboxylic acids is 1. The molecule has 1 aromatic carbocycles. The number of esters is 1. The predicted molar refractivity (Wildman–Crippen MR) is 74.2 cm³/mol. The molecule has 9 heteroatoms. The van der Waals surface area contributed by atoms with E-state index in [1.54, 1.807) is 31.4 Å². The normalized spacial score (nSPS) is 12.6. The van der Waals surface area contributed by atoms with Gasteiger partial charge in [-0.1, -0.05) is 0 Å². The Labute approximate surface area is 122 Å². The Hall–Kier alpha value is -1.60. The van der Waals surface area contributed by atoms with Crippen LogP contribution in [0.25, 0.3) is 0 Å². The monoisotopic (exact) mass is 319 g/mol. The number of ether oxygens (including phenoxy) is 3. The molecular weight excluding hydrogens is 301 g/mol. The van der Waals surface area contributed by atoms with Crippen molar-refractivity contribution in [2.75, 3.05) is 28.1 Å². The molecule has 0 fully saturated rings. The molecule has 118 valence electrons.